The van der Waals surface area contributed by atoms with Crippen LogP contribution in [0.25, 0.3) is 0 Å². The molecule has 7 heteroatoms. The number of carboxylic acid groups (broad SMARTS) is 1. The smallest absolute Gasteiger partial charge is 0.327 e. The molecule has 0 amide bonds. The van der Waals surface area contributed by atoms with Crippen molar-refractivity contribution in [1.29, 1.82) is 0 Å². The molecule has 0 saturated heterocycles. The molecule has 2 aliphatic rings. The van der Waals surface area contributed by atoms with Crippen LogP contribution in [0.15, 0.2) is 39.9 Å². The van der Waals surface area contributed by atoms with Crippen LogP contribution in [0.5, 0.6) is 0 Å². The molecular formula is C16H15NO4S2. The fraction of sp³-hybridized carbons (Fsp3) is 0.312. The minimum absolute atomic E-state index is 0.203. The first-order valence-electron chi connectivity index (χ1n) is 7.42. The van der Waals surface area contributed by atoms with Crippen LogP contribution in [0.4, 0.5) is 5.69 Å². The van der Waals surface area contributed by atoms with Gasteiger partial charge in [-0.25, -0.2) is 13.2 Å². The molecule has 0 radical (unpaired) electrons. The number of hydrogen-bond acceptors (Lipinski definition) is 4. The highest BCUT2D eigenvalue weighted by Crippen LogP contribution is 2.47. The molecule has 5 nitrogen and oxygen atoms in total. The van der Waals surface area contributed by atoms with Crippen molar-refractivity contribution in [2.75, 3.05) is 4.31 Å². The maximum absolute atomic E-state index is 13.2. The first-order chi connectivity index (χ1) is 11.0. The molecule has 1 aliphatic heterocycles. The van der Waals surface area contributed by atoms with Gasteiger partial charge in [-0.2, -0.15) is 0 Å². The van der Waals surface area contributed by atoms with Crippen molar-refractivity contribution in [1.82, 2.24) is 0 Å². The molecule has 1 aromatic carbocycles. The summed E-state index contributed by atoms with van der Waals surface area (Å²) in [5.74, 6) is -0.818. The summed E-state index contributed by atoms with van der Waals surface area (Å²) < 4.78 is 27.8. The third-order valence-electron chi connectivity index (χ3n) is 4.38. The first kappa shape index (κ1) is 14.7. The Morgan fingerprint density at radius 3 is 2.65 bits per heavy atom. The van der Waals surface area contributed by atoms with E-state index in [0.29, 0.717) is 15.8 Å². The third kappa shape index (κ3) is 2.26. The van der Waals surface area contributed by atoms with E-state index < -0.39 is 22.0 Å². The zero-order valence-electron chi connectivity index (χ0n) is 12.2. The molecule has 1 fully saturated rings. The average Bonchev–Trinajstić information content (AvgIpc) is 3.10. The van der Waals surface area contributed by atoms with E-state index >= 15 is 0 Å². The lowest BCUT2D eigenvalue weighted by atomic mass is 10.1. The zero-order chi connectivity index (χ0) is 16.2. The lowest BCUT2D eigenvalue weighted by molar-refractivity contribution is -0.138. The van der Waals surface area contributed by atoms with Gasteiger partial charge in [-0.05, 0) is 47.4 Å². The lowest BCUT2D eigenvalue weighted by Gasteiger charge is -2.24. The number of fused-ring (bicyclic) bond motifs is 1. The molecule has 4 rings (SSSR count). The summed E-state index contributed by atoms with van der Waals surface area (Å²) in [6.45, 7) is 0. The van der Waals surface area contributed by atoms with Gasteiger partial charge in [0, 0.05) is 6.42 Å². The number of para-hydroxylation sites is 1. The fourth-order valence-electron chi connectivity index (χ4n) is 3.14. The Morgan fingerprint density at radius 1 is 1.22 bits per heavy atom. The van der Waals surface area contributed by atoms with Crippen molar-refractivity contribution < 1.29 is 18.3 Å². The Hall–Kier alpha value is -1.86. The molecule has 2 aromatic rings. The van der Waals surface area contributed by atoms with Gasteiger partial charge in [0.2, 0.25) is 0 Å². The molecule has 0 spiro atoms. The number of rotatable bonds is 4. The van der Waals surface area contributed by atoms with Crippen LogP contribution in [0, 0.1) is 0 Å². The van der Waals surface area contributed by atoms with Crippen LogP contribution in [0.1, 0.15) is 29.9 Å². The van der Waals surface area contributed by atoms with Crippen LogP contribution in [0.2, 0.25) is 0 Å². The van der Waals surface area contributed by atoms with Gasteiger partial charge in [0.05, 0.1) is 5.69 Å². The number of carboxylic acids is 1. The van der Waals surface area contributed by atoms with E-state index in [9.17, 15) is 18.3 Å². The summed E-state index contributed by atoms with van der Waals surface area (Å²) in [7, 11) is -3.87. The van der Waals surface area contributed by atoms with Gasteiger partial charge in [-0.3, -0.25) is 4.31 Å². The summed E-state index contributed by atoms with van der Waals surface area (Å²) in [4.78, 5) is 11.6. The van der Waals surface area contributed by atoms with Crippen LogP contribution in [-0.4, -0.2) is 25.5 Å². The second-order valence-electron chi connectivity index (χ2n) is 5.93. The van der Waals surface area contributed by atoms with Gasteiger partial charge < -0.3 is 5.11 Å². The number of anilines is 1. The largest absolute Gasteiger partial charge is 0.480 e. The van der Waals surface area contributed by atoms with E-state index in [1.807, 2.05) is 6.07 Å². The first-order valence-corrected chi connectivity index (χ1v) is 9.74. The lowest BCUT2D eigenvalue weighted by Crippen LogP contribution is -2.42. The van der Waals surface area contributed by atoms with E-state index in [1.54, 1.807) is 29.6 Å². The molecule has 1 aromatic heterocycles. The topological polar surface area (TPSA) is 74.7 Å². The molecule has 1 atom stereocenters. The monoisotopic (exact) mass is 349 g/mol. The predicted octanol–water partition coefficient (Wildman–Crippen LogP) is 2.83. The van der Waals surface area contributed by atoms with Crippen molar-refractivity contribution in [2.24, 2.45) is 0 Å². The number of sulfonamides is 1. The second kappa shape index (κ2) is 5.07. The number of hydrogen-bond donors (Lipinski definition) is 1. The van der Waals surface area contributed by atoms with Gasteiger partial charge in [-0.1, -0.05) is 18.2 Å². The number of thiophene rings is 1. The van der Waals surface area contributed by atoms with E-state index in [-0.39, 0.29) is 6.42 Å². The summed E-state index contributed by atoms with van der Waals surface area (Å²) in [5.41, 5.74) is 2.08. The van der Waals surface area contributed by atoms with Crippen molar-refractivity contribution in [3.05, 3.63) is 46.8 Å². The van der Waals surface area contributed by atoms with Crippen molar-refractivity contribution in [2.45, 2.75) is 35.4 Å². The Labute approximate surface area is 138 Å². The van der Waals surface area contributed by atoms with Gasteiger partial charge in [0.15, 0.2) is 0 Å². The molecule has 23 heavy (non-hydrogen) atoms. The van der Waals surface area contributed by atoms with E-state index in [0.717, 1.165) is 28.3 Å². The zero-order valence-corrected chi connectivity index (χ0v) is 13.8. The fourth-order valence-corrected chi connectivity index (χ4v) is 6.39. The molecule has 1 unspecified atom stereocenters. The van der Waals surface area contributed by atoms with Gasteiger partial charge >= 0.3 is 5.97 Å². The quantitative estimate of drug-likeness (QED) is 0.921. The van der Waals surface area contributed by atoms with Gasteiger partial charge in [0.1, 0.15) is 10.3 Å². The molecule has 0 bridgehead atoms. The minimum Gasteiger partial charge on any atom is -0.480 e. The predicted molar refractivity (Wildman–Crippen MR) is 87.5 cm³/mol. The molecular weight excluding hydrogens is 334 g/mol. The standard InChI is InChI=1S/C16H15NO4S2/c18-15(19)14-9-11-3-1-2-4-13(11)17(14)23(20,21)16-12(7-8-22-16)10-5-6-10/h1-4,7-8,10,14H,5-6,9H2,(H,18,19). The number of benzene rings is 1. The van der Waals surface area contributed by atoms with Crippen LogP contribution < -0.4 is 4.31 Å². The molecule has 1 aliphatic carbocycles. The van der Waals surface area contributed by atoms with Crippen LogP contribution >= 0.6 is 11.3 Å². The highest BCUT2D eigenvalue weighted by molar-refractivity contribution is 7.94. The number of nitrogens with zero attached hydrogens (tertiary/aromatic N) is 1. The second-order valence-corrected chi connectivity index (χ2v) is 8.85. The van der Waals surface area contributed by atoms with Gasteiger partial charge in [-0.15, -0.1) is 11.3 Å². The van der Waals surface area contributed by atoms with Crippen molar-refractivity contribution >= 4 is 33.0 Å². The van der Waals surface area contributed by atoms with E-state index in [2.05, 4.69) is 0 Å². The third-order valence-corrected chi connectivity index (χ3v) is 7.70. The Bertz CT molecular complexity index is 883. The minimum atomic E-state index is -3.87. The maximum atomic E-state index is 13.2. The SMILES string of the molecule is O=C(O)C1Cc2ccccc2N1S(=O)(=O)c1sccc1C1CC1. The summed E-state index contributed by atoms with van der Waals surface area (Å²) in [6.07, 6.45) is 2.20. The highest BCUT2D eigenvalue weighted by Gasteiger charge is 2.44. The molecule has 120 valence electrons. The van der Waals surface area contributed by atoms with Crippen molar-refractivity contribution in [3.8, 4) is 0 Å². The summed E-state index contributed by atoms with van der Waals surface area (Å²) >= 11 is 1.18. The summed E-state index contributed by atoms with van der Waals surface area (Å²) in [5, 5.41) is 11.3. The summed E-state index contributed by atoms with van der Waals surface area (Å²) in [6, 6.07) is 7.78. The van der Waals surface area contributed by atoms with Crippen molar-refractivity contribution in [3.63, 3.8) is 0 Å². The molecule has 1 saturated carbocycles. The Kier molecular flexibility index (Phi) is 3.24. The molecule has 1 N–H and O–H groups in total. The van der Waals surface area contributed by atoms with E-state index in [4.69, 9.17) is 0 Å². The Balaban J connectivity index is 1.86. The van der Waals surface area contributed by atoms with Gasteiger partial charge in [0.25, 0.3) is 10.0 Å². The number of carbonyl (C=O) groups is 1. The number of aliphatic carboxylic acids is 1. The Morgan fingerprint density at radius 2 is 1.96 bits per heavy atom. The maximum Gasteiger partial charge on any atom is 0.327 e. The van der Waals surface area contributed by atoms with E-state index in [1.165, 1.54) is 11.3 Å². The van der Waals surface area contributed by atoms with Crippen LogP contribution in [0.3, 0.4) is 0 Å². The highest BCUT2D eigenvalue weighted by atomic mass is 32.2. The van der Waals surface area contributed by atoms with Crippen LogP contribution in [-0.2, 0) is 21.2 Å². The molecule has 2 heterocycles. The average molecular weight is 349 g/mol. The normalized spacial score (nSPS) is 20.5.